The largest absolute Gasteiger partial charge is 0.438 e. The molecule has 0 saturated heterocycles. The van der Waals surface area contributed by atoms with E-state index < -0.39 is 25.9 Å². The zero-order valence-electron chi connectivity index (χ0n) is 15.6. The quantitative estimate of drug-likeness (QED) is 0.546. The molecule has 0 radical (unpaired) electrons. The van der Waals surface area contributed by atoms with Crippen molar-refractivity contribution in [2.75, 3.05) is 0 Å². The molecule has 0 amide bonds. The Kier molecular flexibility index (Phi) is 6.96. The first kappa shape index (κ1) is 18.9. The van der Waals surface area contributed by atoms with Gasteiger partial charge >= 0.3 is 8.56 Å². The average molecular weight is 359 g/mol. The van der Waals surface area contributed by atoms with Crippen molar-refractivity contribution in [1.29, 1.82) is 0 Å². The molecule has 2 rings (SSSR count). The van der Waals surface area contributed by atoms with Gasteiger partial charge in [0.25, 0.3) is 0 Å². The zero-order valence-corrected chi connectivity index (χ0v) is 18.8. The summed E-state index contributed by atoms with van der Waals surface area (Å²) in [4.78, 5) is 0. The van der Waals surface area contributed by atoms with E-state index >= 15 is 0 Å². The van der Waals surface area contributed by atoms with E-state index in [2.05, 4.69) is 32.7 Å². The Morgan fingerprint density at radius 3 is 1.45 bits per heavy atom. The van der Waals surface area contributed by atoms with Gasteiger partial charge in [0.2, 0.25) is 0 Å². The van der Waals surface area contributed by atoms with Gasteiger partial charge in [-0.15, -0.1) is 0 Å². The Morgan fingerprint density at radius 1 is 0.682 bits per heavy atom. The molecule has 2 aliphatic rings. The van der Waals surface area contributed by atoms with Crippen molar-refractivity contribution in [2.24, 2.45) is 0 Å². The third-order valence-corrected chi connectivity index (χ3v) is 16.2. The van der Waals surface area contributed by atoms with E-state index in [1.807, 2.05) is 0 Å². The van der Waals surface area contributed by atoms with E-state index in [4.69, 9.17) is 8.23 Å². The van der Waals surface area contributed by atoms with Gasteiger partial charge in [-0.1, -0.05) is 64.2 Å². The number of hydrogen-bond donors (Lipinski definition) is 0. The van der Waals surface area contributed by atoms with Crippen LogP contribution in [0.3, 0.4) is 0 Å². The summed E-state index contributed by atoms with van der Waals surface area (Å²) >= 11 is 0. The summed E-state index contributed by atoms with van der Waals surface area (Å²) in [6, 6.07) is 0. The smallest absolute Gasteiger partial charge is 0.311 e. The molecule has 2 fully saturated rings. The predicted octanol–water partition coefficient (Wildman–Crippen LogP) is 5.95. The van der Waals surface area contributed by atoms with E-state index in [0.717, 1.165) is 11.1 Å². The highest BCUT2D eigenvalue weighted by Crippen LogP contribution is 2.42. The molecule has 0 bridgehead atoms. The Balaban J connectivity index is 2.05. The summed E-state index contributed by atoms with van der Waals surface area (Å²) in [7, 11) is -4.60. The summed E-state index contributed by atoms with van der Waals surface area (Å²) in [5, 5.41) is 0. The molecule has 0 aliphatic heterocycles. The molecule has 130 valence electrons. The van der Waals surface area contributed by atoms with Crippen LogP contribution in [-0.4, -0.2) is 25.9 Å². The van der Waals surface area contributed by atoms with E-state index in [0.29, 0.717) is 0 Å². The minimum absolute atomic E-state index is 0.939. The lowest BCUT2D eigenvalue weighted by atomic mass is 9.99. The monoisotopic (exact) mass is 358 g/mol. The van der Waals surface area contributed by atoms with Gasteiger partial charge < -0.3 is 8.23 Å². The molecule has 22 heavy (non-hydrogen) atoms. The maximum Gasteiger partial charge on any atom is 0.311 e. The van der Waals surface area contributed by atoms with Crippen molar-refractivity contribution in [3.05, 3.63) is 0 Å². The molecule has 2 nitrogen and oxygen atoms in total. The molecule has 0 N–H and O–H groups in total. The zero-order chi connectivity index (χ0) is 16.2. The van der Waals surface area contributed by atoms with Crippen LogP contribution in [0, 0.1) is 0 Å². The minimum Gasteiger partial charge on any atom is -0.438 e. The lowest BCUT2D eigenvalue weighted by Gasteiger charge is -2.42. The van der Waals surface area contributed by atoms with Gasteiger partial charge in [0.1, 0.15) is 0 Å². The highest BCUT2D eigenvalue weighted by Gasteiger charge is 2.41. The molecule has 2 saturated carbocycles. The summed E-state index contributed by atoms with van der Waals surface area (Å²) in [5.41, 5.74) is 1.88. The predicted molar refractivity (Wildman–Crippen MR) is 104 cm³/mol. The summed E-state index contributed by atoms with van der Waals surface area (Å²) < 4.78 is 13.5. The van der Waals surface area contributed by atoms with Crippen molar-refractivity contribution in [3.63, 3.8) is 0 Å². The first-order chi connectivity index (χ1) is 10.3. The molecular formula is C17H38O2Si3. The van der Waals surface area contributed by atoms with Crippen LogP contribution in [0.5, 0.6) is 0 Å². The van der Waals surface area contributed by atoms with Crippen molar-refractivity contribution in [2.45, 2.75) is 108 Å². The molecule has 2 aliphatic carbocycles. The second-order valence-electron chi connectivity index (χ2n) is 8.99. The van der Waals surface area contributed by atoms with Crippen molar-refractivity contribution >= 4 is 25.9 Å². The first-order valence-electron chi connectivity index (χ1n) is 9.65. The summed E-state index contributed by atoms with van der Waals surface area (Å²) in [6.07, 6.45) is 14.5. The van der Waals surface area contributed by atoms with Crippen LogP contribution >= 0.6 is 0 Å². The third-order valence-electron chi connectivity index (χ3n) is 5.20. The highest BCUT2D eigenvalue weighted by molar-refractivity contribution is 6.84. The summed E-state index contributed by atoms with van der Waals surface area (Å²) in [6.45, 7) is 11.6. The van der Waals surface area contributed by atoms with Crippen LogP contribution in [0.2, 0.25) is 43.8 Å². The van der Waals surface area contributed by atoms with Gasteiger partial charge in [0.15, 0.2) is 17.4 Å². The van der Waals surface area contributed by atoms with Gasteiger partial charge in [-0.05, 0) is 43.8 Å². The fourth-order valence-corrected chi connectivity index (χ4v) is 18.3. The SMILES string of the molecule is C[Si](C)(C)O[Si](C)(C)O[SiH](C1CCCCC1)C1CCCCC1. The fraction of sp³-hybridized carbons (Fsp3) is 1.00. The molecular weight excluding hydrogens is 320 g/mol. The Morgan fingerprint density at radius 2 is 1.09 bits per heavy atom. The molecule has 0 aromatic rings. The lowest BCUT2D eigenvalue weighted by Crippen LogP contribution is -2.50. The average Bonchev–Trinajstić information content (AvgIpc) is 2.44. The number of rotatable bonds is 6. The Labute approximate surface area is 142 Å². The second-order valence-corrected chi connectivity index (χ2v) is 20.6. The van der Waals surface area contributed by atoms with Gasteiger partial charge in [-0.3, -0.25) is 0 Å². The standard InChI is InChI=1S/C17H38O2Si3/c1-21(2,3)19-22(4,5)18-20(16-12-8-6-9-13-16)17-14-10-7-11-15-17/h16-17,20H,6-15H2,1-5H3. The molecule has 0 aromatic heterocycles. The molecule has 0 aromatic carbocycles. The van der Waals surface area contributed by atoms with Crippen LogP contribution in [0.15, 0.2) is 0 Å². The normalized spacial score (nSPS) is 23.2. The molecule has 0 heterocycles. The molecule has 0 atom stereocenters. The third kappa shape index (κ3) is 6.23. The van der Waals surface area contributed by atoms with Crippen LogP contribution in [0.1, 0.15) is 64.2 Å². The van der Waals surface area contributed by atoms with E-state index in [-0.39, 0.29) is 0 Å². The van der Waals surface area contributed by atoms with Gasteiger partial charge in [-0.2, -0.15) is 0 Å². The lowest BCUT2D eigenvalue weighted by molar-refractivity contribution is 0.355. The van der Waals surface area contributed by atoms with Crippen molar-refractivity contribution < 1.29 is 8.23 Å². The number of hydrogen-bond acceptors (Lipinski definition) is 2. The Hall–Kier alpha value is 0.571. The maximum atomic E-state index is 6.98. The van der Waals surface area contributed by atoms with Crippen LogP contribution < -0.4 is 0 Å². The second kappa shape index (κ2) is 8.10. The van der Waals surface area contributed by atoms with Gasteiger partial charge in [-0.25, -0.2) is 0 Å². The van der Waals surface area contributed by atoms with Crippen LogP contribution in [-0.2, 0) is 8.23 Å². The van der Waals surface area contributed by atoms with Crippen LogP contribution in [0.25, 0.3) is 0 Å². The topological polar surface area (TPSA) is 18.5 Å². The van der Waals surface area contributed by atoms with Crippen LogP contribution in [0.4, 0.5) is 0 Å². The van der Waals surface area contributed by atoms with Gasteiger partial charge in [0.05, 0.1) is 0 Å². The Bertz CT molecular complexity index is 311. The molecule has 0 spiro atoms. The van der Waals surface area contributed by atoms with Gasteiger partial charge in [0, 0.05) is 0 Å². The minimum atomic E-state index is -1.95. The molecule has 5 heteroatoms. The summed E-state index contributed by atoms with van der Waals surface area (Å²) in [5.74, 6) is 0. The maximum absolute atomic E-state index is 6.98. The van der Waals surface area contributed by atoms with E-state index in [1.165, 1.54) is 64.2 Å². The highest BCUT2D eigenvalue weighted by atomic mass is 28.5. The van der Waals surface area contributed by atoms with Crippen molar-refractivity contribution in [1.82, 2.24) is 0 Å². The van der Waals surface area contributed by atoms with Crippen molar-refractivity contribution in [3.8, 4) is 0 Å². The first-order valence-corrected chi connectivity index (χ1v) is 17.7. The van der Waals surface area contributed by atoms with E-state index in [1.54, 1.807) is 0 Å². The van der Waals surface area contributed by atoms with E-state index in [9.17, 15) is 0 Å². The fourth-order valence-electron chi connectivity index (χ4n) is 4.59. The molecule has 0 unspecified atom stereocenters.